The quantitative estimate of drug-likeness (QED) is 0.715. The van der Waals surface area contributed by atoms with Crippen LogP contribution in [-0.4, -0.2) is 43.8 Å². The Labute approximate surface area is 121 Å². The van der Waals surface area contributed by atoms with Crippen molar-refractivity contribution < 1.29 is 9.53 Å². The molecule has 0 spiro atoms. The number of hydrogen-bond acceptors (Lipinski definition) is 3. The van der Waals surface area contributed by atoms with Crippen LogP contribution in [0.15, 0.2) is 24.3 Å². The van der Waals surface area contributed by atoms with Crippen molar-refractivity contribution in [3.63, 3.8) is 0 Å². The second-order valence-electron chi connectivity index (χ2n) is 4.56. The molecule has 2 amide bonds. The van der Waals surface area contributed by atoms with Crippen LogP contribution >= 0.6 is 0 Å². The Bertz CT molecular complexity index is 389. The number of nitrogens with zero attached hydrogens (tertiary/aromatic N) is 1. The van der Waals surface area contributed by atoms with E-state index in [-0.39, 0.29) is 12.8 Å². The van der Waals surface area contributed by atoms with Crippen LogP contribution in [0.1, 0.15) is 19.4 Å². The Morgan fingerprint density at radius 2 is 1.80 bits per heavy atom. The van der Waals surface area contributed by atoms with E-state index < -0.39 is 0 Å². The first-order chi connectivity index (χ1) is 9.65. The zero-order valence-corrected chi connectivity index (χ0v) is 12.6. The van der Waals surface area contributed by atoms with Gasteiger partial charge in [-0.2, -0.15) is 0 Å². The smallest absolute Gasteiger partial charge is 0.317 e. The summed E-state index contributed by atoms with van der Waals surface area (Å²) in [6.07, 6.45) is 0. The third kappa shape index (κ3) is 6.43. The lowest BCUT2D eigenvalue weighted by Gasteiger charge is -2.18. The van der Waals surface area contributed by atoms with E-state index in [2.05, 4.69) is 29.4 Å². The van der Waals surface area contributed by atoms with Crippen LogP contribution in [0.3, 0.4) is 0 Å². The molecular weight excluding hydrogens is 254 g/mol. The van der Waals surface area contributed by atoms with Crippen molar-refractivity contribution in [2.45, 2.75) is 20.8 Å². The molecular formula is C15H25N3O2. The molecule has 0 aliphatic heterocycles. The van der Waals surface area contributed by atoms with Gasteiger partial charge in [-0.3, -0.25) is 0 Å². The lowest BCUT2D eigenvalue weighted by molar-refractivity contribution is 0.221. The van der Waals surface area contributed by atoms with Gasteiger partial charge in [0.2, 0.25) is 0 Å². The fourth-order valence-corrected chi connectivity index (χ4v) is 1.75. The van der Waals surface area contributed by atoms with E-state index in [1.807, 2.05) is 31.2 Å². The van der Waals surface area contributed by atoms with Crippen LogP contribution in [0, 0.1) is 6.92 Å². The zero-order valence-electron chi connectivity index (χ0n) is 12.6. The highest BCUT2D eigenvalue weighted by molar-refractivity contribution is 5.73. The molecule has 5 nitrogen and oxygen atoms in total. The second-order valence-corrected chi connectivity index (χ2v) is 4.56. The SMILES string of the molecule is CCN(CC)CCNC(=O)NCOc1ccc(C)cc1. The molecule has 0 fully saturated rings. The Hall–Kier alpha value is -1.75. The molecule has 0 radical (unpaired) electrons. The number of rotatable bonds is 8. The first-order valence-corrected chi connectivity index (χ1v) is 7.09. The van der Waals surface area contributed by atoms with Crippen LogP contribution in [0.25, 0.3) is 0 Å². The molecule has 112 valence electrons. The molecule has 1 aromatic carbocycles. The van der Waals surface area contributed by atoms with Gasteiger partial charge in [-0.15, -0.1) is 0 Å². The molecule has 0 aliphatic carbocycles. The summed E-state index contributed by atoms with van der Waals surface area (Å²) in [4.78, 5) is 13.8. The lowest BCUT2D eigenvalue weighted by Crippen LogP contribution is -2.41. The van der Waals surface area contributed by atoms with Crippen LogP contribution in [0.2, 0.25) is 0 Å². The average Bonchev–Trinajstić information content (AvgIpc) is 2.46. The number of urea groups is 1. The monoisotopic (exact) mass is 279 g/mol. The summed E-state index contributed by atoms with van der Waals surface area (Å²) in [7, 11) is 0. The fraction of sp³-hybridized carbons (Fsp3) is 0.533. The number of carbonyl (C=O) groups excluding carboxylic acids is 1. The Kier molecular flexibility index (Phi) is 7.50. The minimum Gasteiger partial charge on any atom is -0.473 e. The number of amides is 2. The number of benzene rings is 1. The predicted molar refractivity (Wildman–Crippen MR) is 81.0 cm³/mol. The van der Waals surface area contributed by atoms with Crippen molar-refractivity contribution in [3.05, 3.63) is 29.8 Å². The third-order valence-electron chi connectivity index (χ3n) is 3.10. The summed E-state index contributed by atoms with van der Waals surface area (Å²) in [6, 6.07) is 7.51. The maximum absolute atomic E-state index is 11.5. The van der Waals surface area contributed by atoms with Crippen molar-refractivity contribution in [2.75, 3.05) is 32.9 Å². The third-order valence-corrected chi connectivity index (χ3v) is 3.10. The van der Waals surface area contributed by atoms with E-state index in [9.17, 15) is 4.79 Å². The van der Waals surface area contributed by atoms with Gasteiger partial charge in [0, 0.05) is 13.1 Å². The number of carbonyl (C=O) groups is 1. The molecule has 1 aromatic rings. The average molecular weight is 279 g/mol. The first kappa shape index (κ1) is 16.3. The van der Waals surface area contributed by atoms with Gasteiger partial charge in [0.15, 0.2) is 6.73 Å². The van der Waals surface area contributed by atoms with E-state index in [1.54, 1.807) is 0 Å². The predicted octanol–water partition coefficient (Wildman–Crippen LogP) is 1.97. The minimum atomic E-state index is -0.204. The van der Waals surface area contributed by atoms with Crippen molar-refractivity contribution in [1.82, 2.24) is 15.5 Å². The minimum absolute atomic E-state index is 0.167. The second kappa shape index (κ2) is 9.20. The molecule has 0 aliphatic rings. The maximum Gasteiger partial charge on any atom is 0.317 e. The van der Waals surface area contributed by atoms with Crippen molar-refractivity contribution in [3.8, 4) is 5.75 Å². The van der Waals surface area contributed by atoms with Crippen molar-refractivity contribution >= 4 is 6.03 Å². The highest BCUT2D eigenvalue weighted by Gasteiger charge is 2.02. The standard InChI is InChI=1S/C15H25N3O2/c1-4-18(5-2)11-10-16-15(19)17-12-20-14-8-6-13(3)7-9-14/h6-9H,4-5,10-12H2,1-3H3,(H2,16,17,19). The summed E-state index contributed by atoms with van der Waals surface area (Å²) in [5, 5.41) is 5.47. The molecule has 0 saturated carbocycles. The Morgan fingerprint density at radius 1 is 1.15 bits per heavy atom. The van der Waals surface area contributed by atoms with E-state index in [0.29, 0.717) is 6.54 Å². The number of likely N-dealkylation sites (N-methyl/N-ethyl adjacent to an activating group) is 1. The molecule has 0 unspecified atom stereocenters. The van der Waals surface area contributed by atoms with Gasteiger partial charge >= 0.3 is 6.03 Å². The molecule has 0 aromatic heterocycles. The maximum atomic E-state index is 11.5. The summed E-state index contributed by atoms with van der Waals surface area (Å²) in [6.45, 7) is 9.90. The van der Waals surface area contributed by atoms with E-state index in [4.69, 9.17) is 4.74 Å². The molecule has 20 heavy (non-hydrogen) atoms. The summed E-state index contributed by atoms with van der Waals surface area (Å²) in [5.41, 5.74) is 1.18. The number of nitrogens with one attached hydrogen (secondary N) is 2. The molecule has 1 rings (SSSR count). The van der Waals surface area contributed by atoms with Crippen molar-refractivity contribution in [1.29, 1.82) is 0 Å². The van der Waals surface area contributed by atoms with Crippen LogP contribution < -0.4 is 15.4 Å². The van der Waals surface area contributed by atoms with Crippen LogP contribution in [-0.2, 0) is 0 Å². The van der Waals surface area contributed by atoms with Gasteiger partial charge in [0.1, 0.15) is 5.75 Å². The summed E-state index contributed by atoms with van der Waals surface area (Å²) in [5.74, 6) is 0.749. The Balaban J connectivity index is 2.12. The normalized spacial score (nSPS) is 10.4. The highest BCUT2D eigenvalue weighted by atomic mass is 16.5. The van der Waals surface area contributed by atoms with Gasteiger partial charge in [-0.1, -0.05) is 31.5 Å². The van der Waals surface area contributed by atoms with E-state index >= 15 is 0 Å². The lowest BCUT2D eigenvalue weighted by atomic mass is 10.2. The zero-order chi connectivity index (χ0) is 14.8. The summed E-state index contributed by atoms with van der Waals surface area (Å²) < 4.78 is 5.42. The van der Waals surface area contributed by atoms with Crippen LogP contribution in [0.5, 0.6) is 5.75 Å². The molecule has 0 bridgehead atoms. The van der Waals surface area contributed by atoms with Gasteiger partial charge in [-0.05, 0) is 32.1 Å². The van der Waals surface area contributed by atoms with Gasteiger partial charge in [0.25, 0.3) is 0 Å². The Morgan fingerprint density at radius 3 is 2.40 bits per heavy atom. The molecule has 0 saturated heterocycles. The van der Waals surface area contributed by atoms with Gasteiger partial charge in [0.05, 0.1) is 0 Å². The van der Waals surface area contributed by atoms with Crippen LogP contribution in [0.4, 0.5) is 4.79 Å². The number of aryl methyl sites for hydroxylation is 1. The fourth-order valence-electron chi connectivity index (χ4n) is 1.75. The van der Waals surface area contributed by atoms with Gasteiger partial charge in [-0.25, -0.2) is 4.79 Å². The number of hydrogen-bond donors (Lipinski definition) is 2. The first-order valence-electron chi connectivity index (χ1n) is 7.09. The van der Waals surface area contributed by atoms with Crippen molar-refractivity contribution in [2.24, 2.45) is 0 Å². The summed E-state index contributed by atoms with van der Waals surface area (Å²) >= 11 is 0. The topological polar surface area (TPSA) is 53.6 Å². The van der Waals surface area contributed by atoms with E-state index in [0.717, 1.165) is 25.4 Å². The van der Waals surface area contributed by atoms with E-state index in [1.165, 1.54) is 5.56 Å². The molecule has 0 heterocycles. The molecule has 2 N–H and O–H groups in total. The molecule has 5 heteroatoms. The molecule has 0 atom stereocenters. The highest BCUT2D eigenvalue weighted by Crippen LogP contribution is 2.10. The number of ether oxygens (including phenoxy) is 1. The van der Waals surface area contributed by atoms with Gasteiger partial charge < -0.3 is 20.3 Å². The largest absolute Gasteiger partial charge is 0.473 e.